The van der Waals surface area contributed by atoms with Gasteiger partial charge in [-0.3, -0.25) is 19.2 Å². The molecule has 12 nitrogen and oxygen atoms in total. The number of hydrogen-bond donors (Lipinski definition) is 7. The maximum absolute atomic E-state index is 12.4. The zero-order chi connectivity index (χ0) is 21.9. The van der Waals surface area contributed by atoms with Crippen LogP contribution < -0.4 is 22.1 Å². The first-order chi connectivity index (χ1) is 13.0. The van der Waals surface area contributed by atoms with E-state index < -0.39 is 60.3 Å². The van der Waals surface area contributed by atoms with Crippen LogP contribution in [-0.4, -0.2) is 69.2 Å². The lowest BCUT2D eigenvalue weighted by Crippen LogP contribution is -2.54. The van der Waals surface area contributed by atoms with Gasteiger partial charge in [-0.05, 0) is 32.6 Å². The number of nitrogens with two attached hydrogens (primary N) is 2. The van der Waals surface area contributed by atoms with Crippen molar-refractivity contribution in [2.75, 3.05) is 0 Å². The summed E-state index contributed by atoms with van der Waals surface area (Å²) < 4.78 is 6.94. The van der Waals surface area contributed by atoms with Crippen LogP contribution in [0.3, 0.4) is 0 Å². The van der Waals surface area contributed by atoms with E-state index in [0.717, 1.165) is 0 Å². The molecule has 0 spiro atoms. The fraction of sp³-hybridized carbons (Fsp3) is 0.667. The second-order valence-electron chi connectivity index (χ2n) is 5.99. The van der Waals surface area contributed by atoms with Crippen LogP contribution in [0.4, 0.5) is 0 Å². The van der Waals surface area contributed by atoms with E-state index in [-0.39, 0.29) is 25.7 Å². The molecule has 154 valence electrons. The minimum absolute atomic E-state index is 0.000840. The van der Waals surface area contributed by atoms with E-state index >= 15 is 0 Å². The van der Waals surface area contributed by atoms with Gasteiger partial charge in [0.15, 0.2) is 0 Å². The number of nitrogens with one attached hydrogen (secondary N) is 2. The molecule has 0 heterocycles. The highest BCUT2D eigenvalue weighted by Crippen LogP contribution is 2.06. The molecular formula is C15H26N4O8. The van der Waals surface area contributed by atoms with Crippen LogP contribution in [0.2, 0.25) is 1.41 Å². The predicted octanol–water partition coefficient (Wildman–Crippen LogP) is -2.17. The Morgan fingerprint density at radius 1 is 0.926 bits per heavy atom. The molecule has 0 saturated carbocycles. The number of rotatable bonds is 14. The molecule has 0 aliphatic heterocycles. The Morgan fingerprint density at radius 2 is 1.52 bits per heavy atom. The molecule has 2 amide bonds. The molecule has 0 aliphatic carbocycles. The smallest absolute Gasteiger partial charge is 0.326 e. The van der Waals surface area contributed by atoms with Gasteiger partial charge in [0, 0.05) is 6.42 Å². The minimum Gasteiger partial charge on any atom is -0.481 e. The molecule has 9 N–H and O–H groups in total. The highest BCUT2D eigenvalue weighted by molar-refractivity contribution is 5.91. The summed E-state index contributed by atoms with van der Waals surface area (Å²) in [5.41, 5.74) is 7.25. The monoisotopic (exact) mass is 391 g/mol. The topological polar surface area (TPSA) is 222 Å². The third kappa shape index (κ3) is 10.1. The lowest BCUT2D eigenvalue weighted by molar-refractivity contribution is -0.143. The third-order valence-electron chi connectivity index (χ3n) is 3.61. The first-order valence-corrected chi connectivity index (χ1v) is 8.20. The standard InChI is InChI=1S/C15H26N4O8/c1-7(16)12(22)18-9(5-6-11(20)21)13(23)19-10(15(26)27)4-2-3-8(17)14(24)25/h7-10H,2-6,16-17H2,1H3,(H,18,22)(H,19,23)(H,20,21)(H,24,25)(H,26,27)/t7-,8+,9-,10-/m0/s1/i/hD. The quantitative estimate of drug-likeness (QED) is 0.170. The third-order valence-corrected chi connectivity index (χ3v) is 3.61. The maximum Gasteiger partial charge on any atom is 0.326 e. The van der Waals surface area contributed by atoms with E-state index in [1.807, 2.05) is 5.73 Å². The Kier molecular flexibility index (Phi) is 9.75. The summed E-state index contributed by atoms with van der Waals surface area (Å²) in [6, 6.07) is -4.83. The fourth-order valence-electron chi connectivity index (χ4n) is 2.03. The molecule has 27 heavy (non-hydrogen) atoms. The largest absolute Gasteiger partial charge is 0.481 e. The Hall–Kier alpha value is -2.73. The molecule has 0 saturated heterocycles. The highest BCUT2D eigenvalue weighted by atomic mass is 16.4. The summed E-state index contributed by atoms with van der Waals surface area (Å²) in [6.45, 7) is 1.35. The molecule has 0 rings (SSSR count). The Bertz CT molecular complexity index is 588. The van der Waals surface area contributed by atoms with Gasteiger partial charge in [-0.2, -0.15) is 0 Å². The molecular weight excluding hydrogens is 364 g/mol. The van der Waals surface area contributed by atoms with E-state index in [2.05, 4.69) is 10.6 Å². The molecule has 12 heteroatoms. The molecule has 0 aliphatic rings. The van der Waals surface area contributed by atoms with Crippen molar-refractivity contribution in [2.24, 2.45) is 11.5 Å². The lowest BCUT2D eigenvalue weighted by atomic mass is 10.0. The van der Waals surface area contributed by atoms with Crippen molar-refractivity contribution < 1.29 is 40.7 Å². The van der Waals surface area contributed by atoms with Gasteiger partial charge in [-0.15, -0.1) is 0 Å². The van der Waals surface area contributed by atoms with Crippen molar-refractivity contribution in [3.8, 4) is 0 Å². The number of carboxylic acid groups (broad SMARTS) is 3. The summed E-state index contributed by atoms with van der Waals surface area (Å²) in [5.74, 6) is -5.45. The summed E-state index contributed by atoms with van der Waals surface area (Å²) in [6.07, 6.45) is -0.732. The van der Waals surface area contributed by atoms with Crippen LogP contribution in [0.5, 0.6) is 0 Å². The second-order valence-corrected chi connectivity index (χ2v) is 5.99. The average Bonchev–Trinajstić information content (AvgIpc) is 2.62. The Balaban J connectivity index is 4.98. The van der Waals surface area contributed by atoms with Crippen LogP contribution in [0.1, 0.15) is 39.0 Å². The zero-order valence-electron chi connectivity index (χ0n) is 15.8. The molecule has 0 radical (unpaired) electrons. The first kappa shape index (κ1) is 22.3. The minimum atomic E-state index is -1.37. The normalized spacial score (nSPS) is 15.6. The van der Waals surface area contributed by atoms with Gasteiger partial charge in [0.1, 0.15) is 19.5 Å². The van der Waals surface area contributed by atoms with Gasteiger partial charge < -0.3 is 37.4 Å². The number of carbonyl (C=O) groups excluding carboxylic acids is 2. The van der Waals surface area contributed by atoms with Gasteiger partial charge in [0.2, 0.25) is 11.8 Å². The van der Waals surface area contributed by atoms with Crippen LogP contribution >= 0.6 is 0 Å². The molecule has 0 fully saturated rings. The van der Waals surface area contributed by atoms with Crippen molar-refractivity contribution in [1.82, 2.24) is 10.6 Å². The Labute approximate surface area is 156 Å². The maximum atomic E-state index is 12.4. The summed E-state index contributed by atoms with van der Waals surface area (Å²) in [4.78, 5) is 57.0. The molecule has 0 aromatic carbocycles. The molecule has 0 unspecified atom stereocenters. The van der Waals surface area contributed by atoms with Crippen molar-refractivity contribution in [3.63, 3.8) is 0 Å². The number of carboxylic acids is 3. The van der Waals surface area contributed by atoms with Gasteiger partial charge in [-0.1, -0.05) is 0 Å². The van der Waals surface area contributed by atoms with Crippen molar-refractivity contribution >= 4 is 29.7 Å². The van der Waals surface area contributed by atoms with Crippen molar-refractivity contribution in [2.45, 2.75) is 63.2 Å². The molecule has 4 atom stereocenters. The van der Waals surface area contributed by atoms with Gasteiger partial charge in [-0.25, -0.2) is 4.79 Å². The van der Waals surface area contributed by atoms with Crippen molar-refractivity contribution in [1.29, 1.82) is 0 Å². The fourth-order valence-corrected chi connectivity index (χ4v) is 2.03. The van der Waals surface area contributed by atoms with E-state index in [1.165, 1.54) is 6.92 Å². The number of amides is 2. The van der Waals surface area contributed by atoms with Gasteiger partial charge in [0.05, 0.1) is 6.04 Å². The summed E-state index contributed by atoms with van der Waals surface area (Å²) in [7, 11) is 0. The van der Waals surface area contributed by atoms with E-state index in [4.69, 9.17) is 17.4 Å². The zero-order valence-corrected chi connectivity index (χ0v) is 14.8. The van der Waals surface area contributed by atoms with Crippen LogP contribution in [0, 0.1) is 0 Å². The highest BCUT2D eigenvalue weighted by Gasteiger charge is 2.27. The van der Waals surface area contributed by atoms with E-state index in [1.54, 1.807) is 0 Å². The number of hydrogen-bond acceptors (Lipinski definition) is 7. The summed E-state index contributed by atoms with van der Waals surface area (Å²) >= 11 is 0. The van der Waals surface area contributed by atoms with Gasteiger partial charge in [0.25, 0.3) is 0 Å². The van der Waals surface area contributed by atoms with Gasteiger partial charge >= 0.3 is 17.9 Å². The molecule has 0 aromatic heterocycles. The van der Waals surface area contributed by atoms with E-state index in [0.29, 0.717) is 0 Å². The first-order valence-electron chi connectivity index (χ1n) is 8.70. The number of aliphatic carboxylic acids is 3. The van der Waals surface area contributed by atoms with E-state index in [9.17, 15) is 29.1 Å². The van der Waals surface area contributed by atoms with Crippen molar-refractivity contribution in [3.05, 3.63) is 0 Å². The molecule has 0 aromatic rings. The van der Waals surface area contributed by atoms with Crippen LogP contribution in [-0.2, 0) is 24.0 Å². The van der Waals surface area contributed by atoms with Crippen LogP contribution in [0.15, 0.2) is 0 Å². The average molecular weight is 391 g/mol. The predicted molar refractivity (Wildman–Crippen MR) is 91.5 cm³/mol. The summed E-state index contributed by atoms with van der Waals surface area (Å²) in [5, 5.41) is 31.2. The second kappa shape index (κ2) is 11.8. The number of carbonyl (C=O) groups is 5. The Morgan fingerprint density at radius 3 is 2.00 bits per heavy atom. The lowest BCUT2D eigenvalue weighted by Gasteiger charge is -2.22. The van der Waals surface area contributed by atoms with Crippen LogP contribution in [0.25, 0.3) is 0 Å². The molecule has 0 bridgehead atoms. The SMILES string of the molecule is [2H]N[C@@H](C)C(=O)N[C@@H](CCC(=O)O)C(=O)N[C@@H](CCC[C@@H](N)C(=O)O)C(=O)O.